The summed E-state index contributed by atoms with van der Waals surface area (Å²) in [6, 6.07) is 7.59. The van der Waals surface area contributed by atoms with Gasteiger partial charge < -0.3 is 10.2 Å². The number of amides is 1. The predicted molar refractivity (Wildman–Crippen MR) is 104 cm³/mol. The van der Waals surface area contributed by atoms with Gasteiger partial charge in [0.1, 0.15) is 5.82 Å². The minimum absolute atomic E-state index is 0.0504. The summed E-state index contributed by atoms with van der Waals surface area (Å²) < 4.78 is 38.1. The first-order valence-electron chi connectivity index (χ1n) is 9.73. The molecule has 0 unspecified atom stereocenters. The Balaban J connectivity index is 1.37. The third-order valence-corrected chi connectivity index (χ3v) is 5.95. The molecule has 3 aromatic rings. The van der Waals surface area contributed by atoms with Crippen molar-refractivity contribution in [2.45, 2.75) is 43.6 Å². The third-order valence-electron chi connectivity index (χ3n) is 5.95. The quantitative estimate of drug-likeness (QED) is 0.705. The largest absolute Gasteiger partial charge is 0.434 e. The van der Waals surface area contributed by atoms with Crippen LogP contribution in [-0.4, -0.2) is 43.9 Å². The molecule has 0 aliphatic carbocycles. The van der Waals surface area contributed by atoms with Crippen LogP contribution in [0.15, 0.2) is 49.1 Å². The van der Waals surface area contributed by atoms with Crippen molar-refractivity contribution in [3.63, 3.8) is 0 Å². The molecule has 9 heteroatoms. The Bertz CT molecular complexity index is 1100. The number of benzene rings is 1. The Hall–Kier alpha value is -3.23. The lowest BCUT2D eigenvalue weighted by Gasteiger charge is -2.25. The maximum absolute atomic E-state index is 13.4. The summed E-state index contributed by atoms with van der Waals surface area (Å²) in [4.78, 5) is 26.8. The number of nitrogens with zero attached hydrogens (tertiary/aromatic N) is 4. The number of aromatic nitrogens is 3. The molecular formula is C21H18F3N5O. The second-order valence-corrected chi connectivity index (χ2v) is 7.69. The number of carbonyl (C=O) groups is 1. The van der Waals surface area contributed by atoms with E-state index in [-0.39, 0.29) is 29.9 Å². The molecular weight excluding hydrogens is 395 g/mol. The number of carbonyl (C=O) groups excluding carboxylic acids is 1. The fourth-order valence-electron chi connectivity index (χ4n) is 4.63. The van der Waals surface area contributed by atoms with Crippen molar-refractivity contribution in [1.82, 2.24) is 19.9 Å². The van der Waals surface area contributed by atoms with Gasteiger partial charge in [0.05, 0.1) is 30.0 Å². The summed E-state index contributed by atoms with van der Waals surface area (Å²) >= 11 is 0. The van der Waals surface area contributed by atoms with Crippen LogP contribution >= 0.6 is 0 Å². The second kappa shape index (κ2) is 6.93. The van der Waals surface area contributed by atoms with Crippen LogP contribution < -0.4 is 5.32 Å². The van der Waals surface area contributed by atoms with Gasteiger partial charge in [0.25, 0.3) is 5.91 Å². The highest BCUT2D eigenvalue weighted by Crippen LogP contribution is 2.40. The Kier molecular flexibility index (Phi) is 4.34. The smallest absolute Gasteiger partial charge is 0.364 e. The first-order valence-corrected chi connectivity index (χ1v) is 9.73. The van der Waals surface area contributed by atoms with Gasteiger partial charge in [-0.25, -0.2) is 9.97 Å². The SMILES string of the molecule is O=C(c1cncc2ccccc12)N1[C@@H]2CC[C@@H]1[C@H](Nc1cnc(C(F)(F)F)cn1)C2. The van der Waals surface area contributed by atoms with Crippen molar-refractivity contribution < 1.29 is 18.0 Å². The average molecular weight is 413 g/mol. The van der Waals surface area contributed by atoms with Gasteiger partial charge in [0.2, 0.25) is 0 Å². The fourth-order valence-corrected chi connectivity index (χ4v) is 4.63. The van der Waals surface area contributed by atoms with E-state index in [0.29, 0.717) is 5.56 Å². The van der Waals surface area contributed by atoms with Gasteiger partial charge in [0, 0.05) is 23.8 Å². The lowest BCUT2D eigenvalue weighted by Crippen LogP contribution is -2.40. The number of nitrogens with one attached hydrogen (secondary N) is 1. The molecule has 0 spiro atoms. The van der Waals surface area contributed by atoms with Crippen molar-refractivity contribution in [3.8, 4) is 0 Å². The van der Waals surface area contributed by atoms with E-state index in [2.05, 4.69) is 20.3 Å². The van der Waals surface area contributed by atoms with Crippen LogP contribution in [0.1, 0.15) is 35.3 Å². The lowest BCUT2D eigenvalue weighted by molar-refractivity contribution is -0.141. The van der Waals surface area contributed by atoms with Gasteiger partial charge in [-0.3, -0.25) is 9.78 Å². The standard InChI is InChI=1S/C21H18F3N5O/c22-21(23,24)18-10-27-19(11-26-18)28-16-7-13-5-6-17(16)29(13)20(30)15-9-25-8-12-3-1-2-4-14(12)15/h1-4,8-11,13,16-17H,5-7H2,(H,27,28)/t13-,16-,17-/m1/s1. The molecule has 3 atom stereocenters. The molecule has 0 saturated carbocycles. The molecule has 1 N–H and O–H groups in total. The summed E-state index contributed by atoms with van der Waals surface area (Å²) in [7, 11) is 0. The van der Waals surface area contributed by atoms with Gasteiger partial charge in [-0.15, -0.1) is 0 Å². The highest BCUT2D eigenvalue weighted by atomic mass is 19.4. The molecule has 2 aromatic heterocycles. The highest BCUT2D eigenvalue weighted by molar-refractivity contribution is 6.07. The first-order chi connectivity index (χ1) is 14.4. The van der Waals surface area contributed by atoms with E-state index in [1.807, 2.05) is 29.2 Å². The van der Waals surface area contributed by atoms with E-state index >= 15 is 0 Å². The van der Waals surface area contributed by atoms with Crippen LogP contribution in [0.3, 0.4) is 0 Å². The summed E-state index contributed by atoms with van der Waals surface area (Å²) in [6.07, 6.45) is 3.09. The summed E-state index contributed by atoms with van der Waals surface area (Å²) in [6.45, 7) is 0. The Morgan fingerprint density at radius 2 is 1.90 bits per heavy atom. The maximum atomic E-state index is 13.4. The monoisotopic (exact) mass is 413 g/mol. The van der Waals surface area contributed by atoms with E-state index in [1.165, 1.54) is 0 Å². The molecule has 1 aromatic carbocycles. The highest BCUT2D eigenvalue weighted by Gasteiger charge is 2.49. The first kappa shape index (κ1) is 18.8. The van der Waals surface area contributed by atoms with Crippen LogP contribution in [0.4, 0.5) is 19.0 Å². The van der Waals surface area contributed by atoms with Crippen LogP contribution in [0.25, 0.3) is 10.8 Å². The molecule has 154 valence electrons. The van der Waals surface area contributed by atoms with Crippen LogP contribution in [0.2, 0.25) is 0 Å². The van der Waals surface area contributed by atoms with E-state index < -0.39 is 11.9 Å². The molecule has 4 heterocycles. The minimum atomic E-state index is -4.52. The van der Waals surface area contributed by atoms with E-state index in [4.69, 9.17) is 0 Å². The maximum Gasteiger partial charge on any atom is 0.434 e. The Morgan fingerprint density at radius 1 is 1.07 bits per heavy atom. The number of hydrogen-bond donors (Lipinski definition) is 1. The molecule has 1 amide bonds. The second-order valence-electron chi connectivity index (χ2n) is 7.69. The van der Waals surface area contributed by atoms with Crippen molar-refractivity contribution in [3.05, 3.63) is 60.3 Å². The number of hydrogen-bond acceptors (Lipinski definition) is 5. The predicted octanol–water partition coefficient (Wildman–Crippen LogP) is 3.90. The van der Waals surface area contributed by atoms with Gasteiger partial charge >= 0.3 is 6.18 Å². The van der Waals surface area contributed by atoms with Gasteiger partial charge in [-0.05, 0) is 24.6 Å². The lowest BCUT2D eigenvalue weighted by atomic mass is 9.95. The zero-order valence-corrected chi connectivity index (χ0v) is 15.8. The van der Waals surface area contributed by atoms with E-state index in [0.717, 1.165) is 42.4 Å². The number of pyridine rings is 1. The molecule has 5 rings (SSSR count). The molecule has 2 aliphatic heterocycles. The normalized spacial score (nSPS) is 23.2. The molecule has 0 radical (unpaired) electrons. The minimum Gasteiger partial charge on any atom is -0.364 e. The van der Waals surface area contributed by atoms with Crippen molar-refractivity contribution in [1.29, 1.82) is 0 Å². The molecule has 6 nitrogen and oxygen atoms in total. The Morgan fingerprint density at radius 3 is 2.67 bits per heavy atom. The average Bonchev–Trinajstić information content (AvgIpc) is 3.30. The number of halogens is 3. The zero-order chi connectivity index (χ0) is 20.9. The fraction of sp³-hybridized carbons (Fsp3) is 0.333. The van der Waals surface area contributed by atoms with Crippen molar-refractivity contribution >= 4 is 22.5 Å². The summed E-state index contributed by atoms with van der Waals surface area (Å²) in [5.41, 5.74) is -0.457. The number of anilines is 1. The number of rotatable bonds is 3. The van der Waals surface area contributed by atoms with Crippen LogP contribution in [0, 0.1) is 0 Å². The van der Waals surface area contributed by atoms with E-state index in [1.54, 1.807) is 12.4 Å². The van der Waals surface area contributed by atoms with Crippen LogP contribution in [-0.2, 0) is 6.18 Å². The third kappa shape index (κ3) is 3.14. The zero-order valence-electron chi connectivity index (χ0n) is 15.8. The van der Waals surface area contributed by atoms with Crippen molar-refractivity contribution in [2.24, 2.45) is 0 Å². The summed E-state index contributed by atoms with van der Waals surface area (Å²) in [5, 5.41) is 4.94. The molecule has 2 saturated heterocycles. The summed E-state index contributed by atoms with van der Waals surface area (Å²) in [5.74, 6) is 0.217. The van der Waals surface area contributed by atoms with Crippen LogP contribution in [0.5, 0.6) is 0 Å². The van der Waals surface area contributed by atoms with E-state index in [9.17, 15) is 18.0 Å². The van der Waals surface area contributed by atoms with Gasteiger partial charge in [-0.1, -0.05) is 24.3 Å². The number of alkyl halides is 3. The van der Waals surface area contributed by atoms with Gasteiger partial charge in [0.15, 0.2) is 5.69 Å². The topological polar surface area (TPSA) is 71.0 Å². The Labute approximate surface area is 170 Å². The molecule has 2 aliphatic rings. The molecule has 30 heavy (non-hydrogen) atoms. The van der Waals surface area contributed by atoms with Gasteiger partial charge in [-0.2, -0.15) is 13.2 Å². The van der Waals surface area contributed by atoms with Crippen molar-refractivity contribution in [2.75, 3.05) is 5.32 Å². The number of fused-ring (bicyclic) bond motifs is 3. The molecule has 2 bridgehead atoms. The molecule has 2 fully saturated rings.